The number of hydrogen-bond donors (Lipinski definition) is 1. The van der Waals surface area contributed by atoms with Gasteiger partial charge in [-0.1, -0.05) is 12.8 Å². The van der Waals surface area contributed by atoms with E-state index in [9.17, 15) is 9.90 Å². The lowest BCUT2D eigenvalue weighted by molar-refractivity contribution is -0.143. The topological polar surface area (TPSA) is 45.5 Å². The summed E-state index contributed by atoms with van der Waals surface area (Å²) in [4.78, 5) is 14.3. The Morgan fingerprint density at radius 1 is 1.24 bits per heavy atom. The first-order valence-corrected chi connectivity index (χ1v) is 8.28. The highest BCUT2D eigenvalue weighted by atomic mass is 16.3. The minimum absolute atomic E-state index is 0.259. The number of carbonyl (C=O) groups is 1. The Labute approximate surface area is 126 Å². The van der Waals surface area contributed by atoms with Gasteiger partial charge in [0.2, 0.25) is 5.91 Å². The predicted octanol–water partition coefficient (Wildman–Crippen LogP) is 2.42. The molecule has 1 amide bonds. The summed E-state index contributed by atoms with van der Waals surface area (Å²) in [6.45, 7) is 2.40. The van der Waals surface area contributed by atoms with Crippen LogP contribution in [0.1, 0.15) is 44.9 Å². The largest absolute Gasteiger partial charge is 0.389 e. The van der Waals surface area contributed by atoms with E-state index in [1.54, 1.807) is 0 Å². The van der Waals surface area contributed by atoms with Gasteiger partial charge in [-0.15, -0.1) is 0 Å². The number of amides is 1. The monoisotopic (exact) mass is 290 g/mol. The van der Waals surface area contributed by atoms with Crippen molar-refractivity contribution >= 4 is 5.91 Å². The molecule has 1 aromatic rings. The number of aryl methyl sites for hydroxylation is 1. The summed E-state index contributed by atoms with van der Waals surface area (Å²) in [6.07, 6.45) is 10.7. The van der Waals surface area contributed by atoms with E-state index in [1.165, 1.54) is 6.42 Å². The molecule has 3 rings (SSSR count). The molecule has 1 saturated heterocycles. The fourth-order valence-electron chi connectivity index (χ4n) is 3.89. The summed E-state index contributed by atoms with van der Waals surface area (Å²) in [5.74, 6) is 0.558. The molecule has 2 aliphatic rings. The molecule has 0 bridgehead atoms. The second-order valence-corrected chi connectivity index (χ2v) is 6.66. The first kappa shape index (κ1) is 14.6. The molecule has 4 heteroatoms. The molecule has 0 unspecified atom stereocenters. The number of fused-ring (bicyclic) bond motifs is 1. The molecular formula is C17H26N2O2. The van der Waals surface area contributed by atoms with E-state index in [2.05, 4.69) is 4.57 Å². The summed E-state index contributed by atoms with van der Waals surface area (Å²) in [6, 6.07) is 4.02. The van der Waals surface area contributed by atoms with Gasteiger partial charge < -0.3 is 14.6 Å². The van der Waals surface area contributed by atoms with Crippen molar-refractivity contribution in [3.63, 3.8) is 0 Å². The van der Waals surface area contributed by atoms with Crippen molar-refractivity contribution in [2.75, 3.05) is 13.1 Å². The molecule has 116 valence electrons. The maximum atomic E-state index is 12.3. The normalized spacial score (nSPS) is 29.2. The Morgan fingerprint density at radius 2 is 2.05 bits per heavy atom. The van der Waals surface area contributed by atoms with Crippen molar-refractivity contribution < 1.29 is 9.90 Å². The first-order chi connectivity index (χ1) is 10.2. The van der Waals surface area contributed by atoms with Crippen LogP contribution in [0.3, 0.4) is 0 Å². The average molecular weight is 290 g/mol. The second kappa shape index (κ2) is 6.22. The van der Waals surface area contributed by atoms with Crippen LogP contribution < -0.4 is 0 Å². The highest BCUT2D eigenvalue weighted by Crippen LogP contribution is 2.39. The average Bonchev–Trinajstić information content (AvgIpc) is 2.99. The lowest BCUT2D eigenvalue weighted by atomic mass is 9.71. The van der Waals surface area contributed by atoms with Crippen LogP contribution in [0.15, 0.2) is 24.5 Å². The number of rotatable bonds is 4. The minimum Gasteiger partial charge on any atom is -0.389 e. The molecule has 21 heavy (non-hydrogen) atoms. The highest BCUT2D eigenvalue weighted by molar-refractivity contribution is 5.76. The number of hydrogen-bond acceptors (Lipinski definition) is 2. The zero-order valence-corrected chi connectivity index (χ0v) is 12.7. The van der Waals surface area contributed by atoms with Crippen molar-refractivity contribution in [1.29, 1.82) is 0 Å². The number of piperidine rings is 1. The van der Waals surface area contributed by atoms with Crippen LogP contribution in [-0.2, 0) is 11.3 Å². The zero-order chi connectivity index (χ0) is 14.7. The Balaban J connectivity index is 1.47. The van der Waals surface area contributed by atoms with Crippen molar-refractivity contribution in [3.05, 3.63) is 24.5 Å². The van der Waals surface area contributed by atoms with Crippen molar-refractivity contribution in [1.82, 2.24) is 9.47 Å². The molecule has 0 radical (unpaired) electrons. The molecule has 1 aliphatic heterocycles. The van der Waals surface area contributed by atoms with Gasteiger partial charge in [-0.25, -0.2) is 0 Å². The van der Waals surface area contributed by atoms with Crippen molar-refractivity contribution in [2.24, 2.45) is 5.92 Å². The van der Waals surface area contributed by atoms with Gasteiger partial charge in [-0.3, -0.25) is 4.79 Å². The highest BCUT2D eigenvalue weighted by Gasteiger charge is 2.43. The molecular weight excluding hydrogens is 264 g/mol. The van der Waals surface area contributed by atoms with Gasteiger partial charge in [0.25, 0.3) is 0 Å². The molecule has 4 nitrogen and oxygen atoms in total. The van der Waals surface area contributed by atoms with Crippen LogP contribution in [-0.4, -0.2) is 39.2 Å². The van der Waals surface area contributed by atoms with E-state index in [-0.39, 0.29) is 5.91 Å². The van der Waals surface area contributed by atoms with Gasteiger partial charge in [0, 0.05) is 44.4 Å². The number of likely N-dealkylation sites (tertiary alicyclic amines) is 1. The lowest BCUT2D eigenvalue weighted by Gasteiger charge is -2.47. The SMILES string of the molecule is O=C(CCCn1cccc1)N1CC[C@]2(O)CCCC[C@H]2C1. The Bertz CT molecular complexity index is 471. The van der Waals surface area contributed by atoms with Gasteiger partial charge in [0.1, 0.15) is 0 Å². The van der Waals surface area contributed by atoms with Gasteiger partial charge in [-0.05, 0) is 37.8 Å². The molecule has 2 heterocycles. The fraction of sp³-hybridized carbons (Fsp3) is 0.706. The zero-order valence-electron chi connectivity index (χ0n) is 12.7. The Hall–Kier alpha value is -1.29. The van der Waals surface area contributed by atoms with Crippen LogP contribution in [0.5, 0.6) is 0 Å². The quantitative estimate of drug-likeness (QED) is 0.925. The molecule has 2 fully saturated rings. The van der Waals surface area contributed by atoms with Gasteiger partial charge >= 0.3 is 0 Å². The summed E-state index contributed by atoms with van der Waals surface area (Å²) in [5.41, 5.74) is -0.486. The third kappa shape index (κ3) is 3.31. The van der Waals surface area contributed by atoms with Gasteiger partial charge in [-0.2, -0.15) is 0 Å². The van der Waals surface area contributed by atoms with Crippen LogP contribution >= 0.6 is 0 Å². The fourth-order valence-corrected chi connectivity index (χ4v) is 3.89. The molecule has 0 aromatic carbocycles. The van der Waals surface area contributed by atoms with E-state index in [0.717, 1.165) is 51.7 Å². The molecule has 1 aromatic heterocycles. The maximum absolute atomic E-state index is 12.3. The van der Waals surface area contributed by atoms with Crippen molar-refractivity contribution in [2.45, 2.75) is 57.1 Å². The summed E-state index contributed by atoms with van der Waals surface area (Å²) in [5, 5.41) is 10.7. The third-order valence-electron chi connectivity index (χ3n) is 5.25. The molecule has 1 saturated carbocycles. The molecule has 0 spiro atoms. The van der Waals surface area contributed by atoms with E-state index in [4.69, 9.17) is 0 Å². The van der Waals surface area contributed by atoms with Crippen LogP contribution in [0.4, 0.5) is 0 Å². The second-order valence-electron chi connectivity index (χ2n) is 6.66. The van der Waals surface area contributed by atoms with E-state index in [0.29, 0.717) is 12.3 Å². The number of aromatic nitrogens is 1. The molecule has 1 aliphatic carbocycles. The summed E-state index contributed by atoms with van der Waals surface area (Å²) >= 11 is 0. The molecule has 2 atom stereocenters. The van der Waals surface area contributed by atoms with Crippen LogP contribution in [0, 0.1) is 5.92 Å². The standard InChI is InChI=1S/C17H26N2O2/c20-16(7-5-12-18-10-3-4-11-18)19-13-9-17(21)8-2-1-6-15(17)14-19/h3-4,10-11,15,21H,1-2,5-9,12-14H2/t15-,17+/m0/s1. The van der Waals surface area contributed by atoms with E-state index >= 15 is 0 Å². The predicted molar refractivity (Wildman–Crippen MR) is 81.8 cm³/mol. The maximum Gasteiger partial charge on any atom is 0.222 e. The number of aliphatic hydroxyl groups is 1. The van der Waals surface area contributed by atoms with Crippen molar-refractivity contribution in [3.8, 4) is 0 Å². The number of carbonyl (C=O) groups excluding carboxylic acids is 1. The van der Waals surface area contributed by atoms with Gasteiger partial charge in [0.05, 0.1) is 5.60 Å². The first-order valence-electron chi connectivity index (χ1n) is 8.28. The lowest BCUT2D eigenvalue weighted by Crippen LogP contribution is -2.54. The third-order valence-corrected chi connectivity index (χ3v) is 5.25. The Morgan fingerprint density at radius 3 is 2.86 bits per heavy atom. The minimum atomic E-state index is -0.486. The van der Waals surface area contributed by atoms with Crippen LogP contribution in [0.25, 0.3) is 0 Å². The Kier molecular flexibility index (Phi) is 4.34. The van der Waals surface area contributed by atoms with E-state index < -0.39 is 5.60 Å². The van der Waals surface area contributed by atoms with Gasteiger partial charge in [0.15, 0.2) is 0 Å². The summed E-state index contributed by atoms with van der Waals surface area (Å²) in [7, 11) is 0. The van der Waals surface area contributed by atoms with Crippen LogP contribution in [0.2, 0.25) is 0 Å². The molecule has 1 N–H and O–H groups in total. The number of nitrogens with zero attached hydrogens (tertiary/aromatic N) is 2. The smallest absolute Gasteiger partial charge is 0.222 e. The summed E-state index contributed by atoms with van der Waals surface area (Å²) < 4.78 is 2.11. The van der Waals surface area contributed by atoms with E-state index in [1.807, 2.05) is 29.4 Å².